The zero-order chi connectivity index (χ0) is 14.1. The van der Waals surface area contributed by atoms with Crippen molar-refractivity contribution in [2.24, 2.45) is 23.7 Å². The van der Waals surface area contributed by atoms with E-state index in [-0.39, 0.29) is 6.42 Å². The summed E-state index contributed by atoms with van der Waals surface area (Å²) in [6, 6.07) is 0. The van der Waals surface area contributed by atoms with E-state index in [1.165, 1.54) is 25.7 Å². The van der Waals surface area contributed by atoms with E-state index >= 15 is 0 Å². The molecule has 4 nitrogen and oxygen atoms in total. The second kappa shape index (κ2) is 5.74. The molecule has 2 saturated carbocycles. The molecule has 3 aliphatic rings. The van der Waals surface area contributed by atoms with Crippen molar-refractivity contribution in [3.63, 3.8) is 0 Å². The molecule has 0 radical (unpaired) electrons. The largest absolute Gasteiger partial charge is 0.481 e. The molecule has 1 amide bonds. The van der Waals surface area contributed by atoms with E-state index in [9.17, 15) is 9.59 Å². The van der Waals surface area contributed by atoms with Gasteiger partial charge in [0.05, 0.1) is 0 Å². The molecule has 3 rings (SSSR count). The summed E-state index contributed by atoms with van der Waals surface area (Å²) in [5, 5.41) is 8.78. The van der Waals surface area contributed by atoms with Crippen LogP contribution in [0.2, 0.25) is 0 Å². The van der Waals surface area contributed by atoms with Gasteiger partial charge in [-0.3, -0.25) is 9.59 Å². The molecule has 0 aromatic rings. The first-order valence-corrected chi connectivity index (χ1v) is 8.17. The Hall–Kier alpha value is -1.06. The maximum absolute atomic E-state index is 12.6. The van der Waals surface area contributed by atoms with Crippen molar-refractivity contribution in [1.29, 1.82) is 0 Å². The third-order valence-corrected chi connectivity index (χ3v) is 5.54. The Kier molecular flexibility index (Phi) is 3.99. The van der Waals surface area contributed by atoms with Crippen LogP contribution >= 0.6 is 0 Å². The first-order valence-electron chi connectivity index (χ1n) is 8.17. The standard InChI is InChI=1S/C16H25NO3/c18-14(19)8-7-11-4-3-9-17(10-11)16(20)15-12-5-1-2-6-13(12)15/h11-13,15H,1-10H2,(H,18,19). The van der Waals surface area contributed by atoms with Crippen LogP contribution in [0.4, 0.5) is 0 Å². The highest BCUT2D eigenvalue weighted by atomic mass is 16.4. The average molecular weight is 279 g/mol. The van der Waals surface area contributed by atoms with Crippen molar-refractivity contribution < 1.29 is 14.7 Å². The lowest BCUT2D eigenvalue weighted by atomic mass is 9.93. The monoisotopic (exact) mass is 279 g/mol. The molecule has 0 spiro atoms. The summed E-state index contributed by atoms with van der Waals surface area (Å²) < 4.78 is 0. The van der Waals surface area contributed by atoms with Gasteiger partial charge in [-0.1, -0.05) is 12.8 Å². The van der Waals surface area contributed by atoms with E-state index in [1.807, 2.05) is 4.90 Å². The fourth-order valence-corrected chi connectivity index (χ4v) is 4.40. The van der Waals surface area contributed by atoms with Gasteiger partial charge in [0.2, 0.25) is 5.91 Å². The van der Waals surface area contributed by atoms with Crippen LogP contribution in [0.25, 0.3) is 0 Å². The lowest BCUT2D eigenvalue weighted by molar-refractivity contribution is -0.137. The molecule has 0 aromatic heterocycles. The van der Waals surface area contributed by atoms with Crippen LogP contribution in [-0.4, -0.2) is 35.0 Å². The van der Waals surface area contributed by atoms with Crippen LogP contribution in [-0.2, 0) is 9.59 Å². The first-order chi connectivity index (χ1) is 9.66. The minimum absolute atomic E-state index is 0.237. The average Bonchev–Trinajstić information content (AvgIpc) is 3.19. The first kappa shape index (κ1) is 13.9. The van der Waals surface area contributed by atoms with Crippen LogP contribution in [0.3, 0.4) is 0 Å². The fraction of sp³-hybridized carbons (Fsp3) is 0.875. The number of fused-ring (bicyclic) bond motifs is 1. The van der Waals surface area contributed by atoms with Crippen molar-refractivity contribution in [2.75, 3.05) is 13.1 Å². The van der Waals surface area contributed by atoms with Crippen molar-refractivity contribution in [3.8, 4) is 0 Å². The van der Waals surface area contributed by atoms with Gasteiger partial charge in [0, 0.05) is 25.4 Å². The van der Waals surface area contributed by atoms with Crippen molar-refractivity contribution in [1.82, 2.24) is 4.90 Å². The molecule has 0 bridgehead atoms. The van der Waals surface area contributed by atoms with Gasteiger partial charge in [-0.25, -0.2) is 0 Å². The number of carbonyl (C=O) groups excluding carboxylic acids is 1. The van der Waals surface area contributed by atoms with Gasteiger partial charge in [-0.15, -0.1) is 0 Å². The number of rotatable bonds is 4. The minimum atomic E-state index is -0.721. The van der Waals surface area contributed by atoms with E-state index in [0.29, 0.717) is 29.6 Å². The van der Waals surface area contributed by atoms with Crippen molar-refractivity contribution in [2.45, 2.75) is 51.4 Å². The molecular formula is C16H25NO3. The van der Waals surface area contributed by atoms with Gasteiger partial charge >= 0.3 is 5.97 Å². The number of aliphatic carboxylic acids is 1. The maximum Gasteiger partial charge on any atom is 0.303 e. The number of carboxylic acid groups (broad SMARTS) is 1. The predicted molar refractivity (Wildman–Crippen MR) is 75.1 cm³/mol. The van der Waals surface area contributed by atoms with Gasteiger partial charge in [0.1, 0.15) is 0 Å². The van der Waals surface area contributed by atoms with Gasteiger partial charge in [-0.2, -0.15) is 0 Å². The molecule has 1 aliphatic heterocycles. The maximum atomic E-state index is 12.6. The molecule has 1 N–H and O–H groups in total. The zero-order valence-corrected chi connectivity index (χ0v) is 12.1. The highest BCUT2D eigenvalue weighted by Crippen LogP contribution is 2.56. The molecule has 2 aliphatic carbocycles. The number of nitrogens with zero attached hydrogens (tertiary/aromatic N) is 1. The van der Waals surface area contributed by atoms with Gasteiger partial charge in [-0.05, 0) is 49.9 Å². The van der Waals surface area contributed by atoms with Gasteiger partial charge in [0.15, 0.2) is 0 Å². The van der Waals surface area contributed by atoms with Gasteiger partial charge in [0.25, 0.3) is 0 Å². The predicted octanol–water partition coefficient (Wildman–Crippen LogP) is 2.53. The normalized spacial score (nSPS) is 36.3. The van der Waals surface area contributed by atoms with E-state index in [4.69, 9.17) is 5.11 Å². The Morgan fingerprint density at radius 2 is 1.75 bits per heavy atom. The Bertz CT molecular complexity index is 383. The SMILES string of the molecule is O=C(O)CCC1CCCN(C(=O)C2C3CCCCC32)C1. The third-order valence-electron chi connectivity index (χ3n) is 5.54. The highest BCUT2D eigenvalue weighted by molar-refractivity contribution is 5.82. The van der Waals surface area contributed by atoms with Crippen LogP contribution in [0, 0.1) is 23.7 Å². The lowest BCUT2D eigenvalue weighted by Crippen LogP contribution is -2.41. The van der Waals surface area contributed by atoms with E-state index in [2.05, 4.69) is 0 Å². The molecule has 3 atom stereocenters. The number of hydrogen-bond donors (Lipinski definition) is 1. The highest BCUT2D eigenvalue weighted by Gasteiger charge is 2.55. The fourth-order valence-electron chi connectivity index (χ4n) is 4.40. The summed E-state index contributed by atoms with van der Waals surface area (Å²) in [4.78, 5) is 25.3. The molecule has 3 fully saturated rings. The van der Waals surface area contributed by atoms with E-state index < -0.39 is 5.97 Å². The number of piperidine rings is 1. The number of likely N-dealkylation sites (tertiary alicyclic amines) is 1. The second-order valence-electron chi connectivity index (χ2n) is 6.86. The smallest absolute Gasteiger partial charge is 0.303 e. The molecule has 112 valence electrons. The minimum Gasteiger partial charge on any atom is -0.481 e. The number of amides is 1. The number of hydrogen-bond acceptors (Lipinski definition) is 2. The molecule has 4 heteroatoms. The van der Waals surface area contributed by atoms with E-state index in [0.717, 1.165) is 32.4 Å². The summed E-state index contributed by atoms with van der Waals surface area (Å²) >= 11 is 0. The summed E-state index contributed by atoms with van der Waals surface area (Å²) in [6.45, 7) is 1.68. The van der Waals surface area contributed by atoms with Crippen molar-refractivity contribution in [3.05, 3.63) is 0 Å². The Morgan fingerprint density at radius 1 is 1.05 bits per heavy atom. The quantitative estimate of drug-likeness (QED) is 0.860. The summed E-state index contributed by atoms with van der Waals surface area (Å²) in [7, 11) is 0. The summed E-state index contributed by atoms with van der Waals surface area (Å²) in [5.74, 6) is 1.72. The van der Waals surface area contributed by atoms with Crippen molar-refractivity contribution >= 4 is 11.9 Å². The van der Waals surface area contributed by atoms with Crippen LogP contribution in [0.5, 0.6) is 0 Å². The molecule has 1 saturated heterocycles. The number of carboxylic acids is 1. The molecular weight excluding hydrogens is 254 g/mol. The summed E-state index contributed by atoms with van der Waals surface area (Å²) in [5.41, 5.74) is 0. The van der Waals surface area contributed by atoms with Crippen LogP contribution in [0.1, 0.15) is 51.4 Å². The Morgan fingerprint density at radius 3 is 2.40 bits per heavy atom. The molecule has 1 heterocycles. The Labute approximate surface area is 120 Å². The molecule has 20 heavy (non-hydrogen) atoms. The van der Waals surface area contributed by atoms with E-state index in [1.54, 1.807) is 0 Å². The van der Waals surface area contributed by atoms with Crippen LogP contribution in [0.15, 0.2) is 0 Å². The second-order valence-corrected chi connectivity index (χ2v) is 6.86. The summed E-state index contributed by atoms with van der Waals surface area (Å²) in [6.07, 6.45) is 8.16. The van der Waals surface area contributed by atoms with Crippen LogP contribution < -0.4 is 0 Å². The van der Waals surface area contributed by atoms with Gasteiger partial charge < -0.3 is 10.0 Å². The zero-order valence-electron chi connectivity index (χ0n) is 12.1. The topological polar surface area (TPSA) is 57.6 Å². The Balaban J connectivity index is 1.51. The number of carbonyl (C=O) groups is 2. The lowest BCUT2D eigenvalue weighted by Gasteiger charge is -2.33. The molecule has 0 aromatic carbocycles. The molecule has 3 unspecified atom stereocenters. The third kappa shape index (κ3) is 2.84.